The highest BCUT2D eigenvalue weighted by Gasteiger charge is 2.15. The minimum Gasteiger partial charge on any atom is -0.492 e. The Bertz CT molecular complexity index is 406. The molecule has 0 aliphatic carbocycles. The molecule has 3 heteroatoms. The van der Waals surface area contributed by atoms with E-state index in [2.05, 4.69) is 44.3 Å². The van der Waals surface area contributed by atoms with Gasteiger partial charge in [-0.05, 0) is 36.0 Å². The lowest BCUT2D eigenvalue weighted by molar-refractivity contribution is 0.109. The van der Waals surface area contributed by atoms with Gasteiger partial charge in [-0.1, -0.05) is 32.9 Å². The fraction of sp³-hybridized carbons (Fsp3) is 0.647. The molecule has 0 amide bonds. The molecule has 0 unspecified atom stereocenters. The molecule has 112 valence electrons. The molecular formula is C17H27NO2. The van der Waals surface area contributed by atoms with Gasteiger partial charge in [-0.15, -0.1) is 0 Å². The van der Waals surface area contributed by atoms with Crippen molar-refractivity contribution in [2.75, 3.05) is 26.3 Å². The van der Waals surface area contributed by atoms with Gasteiger partial charge >= 0.3 is 0 Å². The van der Waals surface area contributed by atoms with Gasteiger partial charge in [0, 0.05) is 19.7 Å². The van der Waals surface area contributed by atoms with Crippen LogP contribution in [-0.4, -0.2) is 32.4 Å². The van der Waals surface area contributed by atoms with Gasteiger partial charge in [-0.25, -0.2) is 0 Å². The van der Waals surface area contributed by atoms with E-state index in [1.807, 2.05) is 6.07 Å². The number of ether oxygens (including phenoxy) is 2. The number of hydrogen-bond donors (Lipinski definition) is 1. The third kappa shape index (κ3) is 4.80. The Morgan fingerprint density at radius 2 is 2.20 bits per heavy atom. The quantitative estimate of drug-likeness (QED) is 0.810. The standard InChI is InChI=1S/C17H27NO2/c1-17(2,3)14-6-4-7-15(12-14)20-11-9-18-13-16-8-5-10-19-16/h4,6-7,12,16,18H,5,8-11,13H2,1-3H3/t16-/m1/s1. The van der Waals surface area contributed by atoms with Crippen molar-refractivity contribution in [3.8, 4) is 5.75 Å². The summed E-state index contributed by atoms with van der Waals surface area (Å²) in [5, 5.41) is 3.39. The molecule has 1 aromatic carbocycles. The molecule has 1 heterocycles. The van der Waals surface area contributed by atoms with Crippen LogP contribution < -0.4 is 10.1 Å². The summed E-state index contributed by atoms with van der Waals surface area (Å²) in [4.78, 5) is 0. The van der Waals surface area contributed by atoms with Crippen LogP contribution in [-0.2, 0) is 10.2 Å². The van der Waals surface area contributed by atoms with E-state index >= 15 is 0 Å². The predicted molar refractivity (Wildman–Crippen MR) is 82.5 cm³/mol. The minimum atomic E-state index is 0.164. The van der Waals surface area contributed by atoms with Gasteiger partial charge in [0.25, 0.3) is 0 Å². The molecule has 0 spiro atoms. The highest BCUT2D eigenvalue weighted by atomic mass is 16.5. The number of benzene rings is 1. The van der Waals surface area contributed by atoms with Crippen molar-refractivity contribution in [1.29, 1.82) is 0 Å². The lowest BCUT2D eigenvalue weighted by Gasteiger charge is -2.19. The lowest BCUT2D eigenvalue weighted by atomic mass is 9.87. The second kappa shape index (κ2) is 7.09. The first kappa shape index (κ1) is 15.3. The molecule has 1 aliphatic rings. The lowest BCUT2D eigenvalue weighted by Crippen LogP contribution is -2.29. The zero-order valence-corrected chi connectivity index (χ0v) is 12.9. The number of hydrogen-bond acceptors (Lipinski definition) is 3. The first-order valence-corrected chi connectivity index (χ1v) is 7.61. The molecule has 1 aliphatic heterocycles. The Morgan fingerprint density at radius 1 is 1.35 bits per heavy atom. The average molecular weight is 277 g/mol. The summed E-state index contributed by atoms with van der Waals surface area (Å²) in [6.07, 6.45) is 2.78. The number of nitrogens with one attached hydrogen (secondary N) is 1. The summed E-state index contributed by atoms with van der Waals surface area (Å²) < 4.78 is 11.4. The Morgan fingerprint density at radius 3 is 2.90 bits per heavy atom. The molecule has 1 N–H and O–H groups in total. The van der Waals surface area contributed by atoms with Crippen LogP contribution in [0.5, 0.6) is 5.75 Å². The summed E-state index contributed by atoms with van der Waals surface area (Å²) in [5.74, 6) is 0.955. The molecule has 0 aromatic heterocycles. The second-order valence-corrected chi connectivity index (χ2v) is 6.47. The van der Waals surface area contributed by atoms with Crippen LogP contribution in [0, 0.1) is 0 Å². The zero-order chi connectivity index (χ0) is 14.4. The predicted octanol–water partition coefficient (Wildman–Crippen LogP) is 3.13. The monoisotopic (exact) mass is 277 g/mol. The maximum absolute atomic E-state index is 5.80. The van der Waals surface area contributed by atoms with Gasteiger partial charge in [0.15, 0.2) is 0 Å². The fourth-order valence-electron chi connectivity index (χ4n) is 2.36. The van der Waals surface area contributed by atoms with Crippen molar-refractivity contribution < 1.29 is 9.47 Å². The highest BCUT2D eigenvalue weighted by molar-refractivity contribution is 5.32. The van der Waals surface area contributed by atoms with Crippen LogP contribution in [0.15, 0.2) is 24.3 Å². The van der Waals surface area contributed by atoms with E-state index in [1.54, 1.807) is 0 Å². The van der Waals surface area contributed by atoms with Crippen molar-refractivity contribution in [3.05, 3.63) is 29.8 Å². The largest absolute Gasteiger partial charge is 0.492 e. The topological polar surface area (TPSA) is 30.5 Å². The summed E-state index contributed by atoms with van der Waals surface area (Å²) >= 11 is 0. The summed E-state index contributed by atoms with van der Waals surface area (Å²) in [6, 6.07) is 8.38. The van der Waals surface area contributed by atoms with Crippen LogP contribution >= 0.6 is 0 Å². The van der Waals surface area contributed by atoms with E-state index in [1.165, 1.54) is 18.4 Å². The molecule has 20 heavy (non-hydrogen) atoms. The summed E-state index contributed by atoms with van der Waals surface area (Å²) in [7, 11) is 0. The van der Waals surface area contributed by atoms with Crippen molar-refractivity contribution in [2.24, 2.45) is 0 Å². The first-order valence-electron chi connectivity index (χ1n) is 7.61. The third-order valence-electron chi connectivity index (χ3n) is 3.64. The maximum atomic E-state index is 5.80. The summed E-state index contributed by atoms with van der Waals surface area (Å²) in [6.45, 7) is 10.1. The minimum absolute atomic E-state index is 0.164. The van der Waals surface area contributed by atoms with Crippen molar-refractivity contribution in [1.82, 2.24) is 5.32 Å². The normalized spacial score (nSPS) is 19.2. The van der Waals surface area contributed by atoms with E-state index in [0.29, 0.717) is 12.7 Å². The zero-order valence-electron chi connectivity index (χ0n) is 12.9. The van der Waals surface area contributed by atoms with E-state index in [0.717, 1.165) is 25.4 Å². The third-order valence-corrected chi connectivity index (χ3v) is 3.64. The van der Waals surface area contributed by atoms with Gasteiger partial charge < -0.3 is 14.8 Å². The van der Waals surface area contributed by atoms with Crippen LogP contribution in [0.4, 0.5) is 0 Å². The van der Waals surface area contributed by atoms with Crippen molar-refractivity contribution in [3.63, 3.8) is 0 Å². The Hall–Kier alpha value is -1.06. The molecule has 0 radical (unpaired) electrons. The Kier molecular flexibility index (Phi) is 5.44. The van der Waals surface area contributed by atoms with E-state index in [4.69, 9.17) is 9.47 Å². The highest BCUT2D eigenvalue weighted by Crippen LogP contribution is 2.25. The molecule has 3 nitrogen and oxygen atoms in total. The van der Waals surface area contributed by atoms with Gasteiger partial charge in [0.2, 0.25) is 0 Å². The fourth-order valence-corrected chi connectivity index (χ4v) is 2.36. The summed E-state index contributed by atoms with van der Waals surface area (Å²) in [5.41, 5.74) is 1.47. The molecule has 1 aromatic rings. The van der Waals surface area contributed by atoms with Crippen molar-refractivity contribution in [2.45, 2.75) is 45.1 Å². The molecule has 0 bridgehead atoms. The smallest absolute Gasteiger partial charge is 0.119 e. The molecule has 0 saturated carbocycles. The van der Waals surface area contributed by atoms with Crippen LogP contribution in [0.3, 0.4) is 0 Å². The molecular weight excluding hydrogens is 250 g/mol. The maximum Gasteiger partial charge on any atom is 0.119 e. The van der Waals surface area contributed by atoms with Gasteiger partial charge in [0.05, 0.1) is 6.10 Å². The molecule has 1 fully saturated rings. The Balaban J connectivity index is 1.68. The average Bonchev–Trinajstić information content (AvgIpc) is 2.91. The van der Waals surface area contributed by atoms with Crippen molar-refractivity contribution >= 4 is 0 Å². The molecule has 1 atom stereocenters. The van der Waals surface area contributed by atoms with Crippen LogP contribution in [0.2, 0.25) is 0 Å². The van der Waals surface area contributed by atoms with Gasteiger partial charge in [-0.3, -0.25) is 0 Å². The molecule has 1 saturated heterocycles. The van der Waals surface area contributed by atoms with Crippen LogP contribution in [0.1, 0.15) is 39.2 Å². The second-order valence-electron chi connectivity index (χ2n) is 6.47. The van der Waals surface area contributed by atoms with Gasteiger partial charge in [0.1, 0.15) is 12.4 Å². The number of rotatable bonds is 6. The Labute approximate surface area is 122 Å². The van der Waals surface area contributed by atoms with E-state index in [9.17, 15) is 0 Å². The SMILES string of the molecule is CC(C)(C)c1cccc(OCCNC[C@H]2CCCO2)c1. The van der Waals surface area contributed by atoms with E-state index in [-0.39, 0.29) is 5.41 Å². The first-order chi connectivity index (χ1) is 9.55. The van der Waals surface area contributed by atoms with E-state index < -0.39 is 0 Å². The van der Waals surface area contributed by atoms with Crippen LogP contribution in [0.25, 0.3) is 0 Å². The molecule has 2 rings (SSSR count). The van der Waals surface area contributed by atoms with Gasteiger partial charge in [-0.2, -0.15) is 0 Å².